The molecule has 0 spiro atoms. The Morgan fingerprint density at radius 3 is 2.66 bits per heavy atom. The van der Waals surface area contributed by atoms with Gasteiger partial charge in [0.2, 0.25) is 11.6 Å². The van der Waals surface area contributed by atoms with Gasteiger partial charge in [-0.25, -0.2) is 18.7 Å². The lowest BCUT2D eigenvalue weighted by molar-refractivity contribution is 0.340. The largest absolute Gasteiger partial charge is 0.481 e. The lowest BCUT2D eigenvalue weighted by Gasteiger charge is -2.16. The van der Waals surface area contributed by atoms with Gasteiger partial charge in [0, 0.05) is 16.8 Å². The number of benzene rings is 1. The van der Waals surface area contributed by atoms with E-state index >= 15 is 0 Å². The molecule has 0 aliphatic carbocycles. The molecule has 3 aromatic rings. The van der Waals surface area contributed by atoms with Crippen LogP contribution in [0.25, 0.3) is 0 Å². The molecule has 11 heteroatoms. The number of alkyl halides is 1. The minimum absolute atomic E-state index is 0.00850. The highest BCUT2D eigenvalue weighted by Crippen LogP contribution is 2.32. The number of hydrogen-bond donors (Lipinski definition) is 0. The normalized spacial score (nSPS) is 11.7. The molecule has 0 amide bonds. The summed E-state index contributed by atoms with van der Waals surface area (Å²) in [6.07, 6.45) is -0.544. The SMILES string of the molecule is COc1nc(C)nc(C)c1Cn1cnc(C(C)F)c(Oc2cc(Cl)cc(C#N)c2F)c1=O. The third-order valence-corrected chi connectivity index (χ3v) is 4.76. The molecule has 3 rings (SSSR count). The molecule has 166 valence electrons. The van der Waals surface area contributed by atoms with Gasteiger partial charge in [0.25, 0.3) is 5.56 Å². The molecule has 0 bridgehead atoms. The molecule has 0 radical (unpaired) electrons. The Bertz CT molecular complexity index is 1290. The van der Waals surface area contributed by atoms with Gasteiger partial charge in [0.1, 0.15) is 23.8 Å². The second-order valence-corrected chi connectivity index (χ2v) is 7.27. The second-order valence-electron chi connectivity index (χ2n) is 6.83. The van der Waals surface area contributed by atoms with Crippen LogP contribution >= 0.6 is 11.6 Å². The summed E-state index contributed by atoms with van der Waals surface area (Å²) in [5, 5.41) is 9.08. The predicted molar refractivity (Wildman–Crippen MR) is 111 cm³/mol. The zero-order valence-electron chi connectivity index (χ0n) is 17.6. The van der Waals surface area contributed by atoms with Gasteiger partial charge >= 0.3 is 0 Å². The molecule has 2 aromatic heterocycles. The Morgan fingerprint density at radius 2 is 2.03 bits per heavy atom. The average molecular weight is 462 g/mol. The number of nitrogens with zero attached hydrogens (tertiary/aromatic N) is 5. The second kappa shape index (κ2) is 9.28. The fourth-order valence-electron chi connectivity index (χ4n) is 3.03. The van der Waals surface area contributed by atoms with E-state index in [1.54, 1.807) is 19.9 Å². The minimum atomic E-state index is -1.69. The summed E-state index contributed by atoms with van der Waals surface area (Å²) >= 11 is 5.91. The monoisotopic (exact) mass is 461 g/mol. The van der Waals surface area contributed by atoms with Crippen LogP contribution in [0.5, 0.6) is 17.4 Å². The third-order valence-electron chi connectivity index (χ3n) is 4.55. The Kier molecular flexibility index (Phi) is 6.69. The molecule has 1 unspecified atom stereocenters. The number of methoxy groups -OCH3 is 1. The summed E-state index contributed by atoms with van der Waals surface area (Å²) < 4.78 is 40.6. The van der Waals surface area contributed by atoms with Crippen molar-refractivity contribution in [1.29, 1.82) is 5.26 Å². The van der Waals surface area contributed by atoms with Gasteiger partial charge in [-0.3, -0.25) is 9.36 Å². The van der Waals surface area contributed by atoms with E-state index < -0.39 is 29.0 Å². The van der Waals surface area contributed by atoms with Crippen LogP contribution in [0.1, 0.15) is 41.4 Å². The third kappa shape index (κ3) is 4.53. The van der Waals surface area contributed by atoms with E-state index in [2.05, 4.69) is 15.0 Å². The molecule has 2 heterocycles. The van der Waals surface area contributed by atoms with Crippen molar-refractivity contribution in [3.8, 4) is 23.4 Å². The van der Waals surface area contributed by atoms with Crippen molar-refractivity contribution in [2.24, 2.45) is 0 Å². The van der Waals surface area contributed by atoms with Gasteiger partial charge in [0.15, 0.2) is 11.6 Å². The summed E-state index contributed by atoms with van der Waals surface area (Å²) in [5.41, 5.74) is -0.406. The zero-order valence-corrected chi connectivity index (χ0v) is 18.4. The molecule has 0 saturated heterocycles. The molecule has 32 heavy (non-hydrogen) atoms. The van der Waals surface area contributed by atoms with Crippen molar-refractivity contribution in [3.05, 3.63) is 68.0 Å². The summed E-state index contributed by atoms with van der Waals surface area (Å²) in [6.45, 7) is 4.53. The summed E-state index contributed by atoms with van der Waals surface area (Å²) in [5.74, 6) is -1.30. The Morgan fingerprint density at radius 1 is 1.31 bits per heavy atom. The van der Waals surface area contributed by atoms with Crippen molar-refractivity contribution in [2.75, 3.05) is 7.11 Å². The first kappa shape index (κ1) is 23.1. The zero-order chi connectivity index (χ0) is 23.6. The number of hydrogen-bond acceptors (Lipinski definition) is 7. The predicted octanol–water partition coefficient (Wildman–Crippen LogP) is 4.19. The molecule has 1 atom stereocenters. The lowest BCUT2D eigenvalue weighted by atomic mass is 10.2. The highest BCUT2D eigenvalue weighted by Gasteiger charge is 2.23. The lowest BCUT2D eigenvalue weighted by Crippen LogP contribution is -2.25. The Hall–Kier alpha value is -3.58. The first-order chi connectivity index (χ1) is 15.2. The first-order valence-corrected chi connectivity index (χ1v) is 9.72. The number of ether oxygens (including phenoxy) is 2. The fourth-order valence-corrected chi connectivity index (χ4v) is 3.24. The van der Waals surface area contributed by atoms with Crippen LogP contribution in [-0.2, 0) is 6.54 Å². The average Bonchev–Trinajstić information content (AvgIpc) is 2.74. The maximum Gasteiger partial charge on any atom is 0.297 e. The van der Waals surface area contributed by atoms with E-state index in [0.717, 1.165) is 30.0 Å². The molecule has 0 fully saturated rings. The Balaban J connectivity index is 2.13. The molecular weight excluding hydrogens is 444 g/mol. The van der Waals surface area contributed by atoms with E-state index in [1.165, 1.54) is 7.11 Å². The standard InChI is InChI=1S/C21H18ClF2N5O3/c1-10(23)18-19(32-16-6-14(22)5-13(7-25)17(16)24)21(30)29(9-26-18)8-15-11(2)27-12(3)28-20(15)31-4/h5-6,9-10H,8H2,1-4H3. The van der Waals surface area contributed by atoms with E-state index in [0.29, 0.717) is 17.1 Å². The summed E-state index contributed by atoms with van der Waals surface area (Å²) in [6, 6.07) is 3.83. The van der Waals surface area contributed by atoms with Crippen molar-refractivity contribution in [2.45, 2.75) is 33.5 Å². The van der Waals surface area contributed by atoms with Gasteiger partial charge in [0.05, 0.1) is 31.1 Å². The molecular formula is C21H18ClF2N5O3. The van der Waals surface area contributed by atoms with Crippen molar-refractivity contribution >= 4 is 11.6 Å². The van der Waals surface area contributed by atoms with E-state index in [1.807, 2.05) is 0 Å². The summed E-state index contributed by atoms with van der Waals surface area (Å²) in [7, 11) is 1.43. The first-order valence-electron chi connectivity index (χ1n) is 9.34. The van der Waals surface area contributed by atoms with Gasteiger partial charge in [-0.05, 0) is 26.8 Å². The molecule has 0 N–H and O–H groups in total. The maximum absolute atomic E-state index is 14.6. The highest BCUT2D eigenvalue weighted by atomic mass is 35.5. The van der Waals surface area contributed by atoms with Gasteiger partial charge in [-0.15, -0.1) is 0 Å². The molecule has 0 aliphatic heterocycles. The number of aryl methyl sites for hydroxylation is 2. The fraction of sp³-hybridized carbons (Fsp3) is 0.286. The van der Waals surface area contributed by atoms with Crippen LogP contribution in [0.4, 0.5) is 8.78 Å². The van der Waals surface area contributed by atoms with E-state index in [4.69, 9.17) is 26.3 Å². The van der Waals surface area contributed by atoms with Crippen LogP contribution in [0.15, 0.2) is 23.3 Å². The van der Waals surface area contributed by atoms with Crippen LogP contribution in [-0.4, -0.2) is 26.6 Å². The van der Waals surface area contributed by atoms with E-state index in [9.17, 15) is 13.6 Å². The van der Waals surface area contributed by atoms with Crippen molar-refractivity contribution in [3.63, 3.8) is 0 Å². The van der Waals surface area contributed by atoms with Gasteiger partial charge in [-0.2, -0.15) is 10.2 Å². The van der Waals surface area contributed by atoms with Gasteiger partial charge in [-0.1, -0.05) is 11.6 Å². The van der Waals surface area contributed by atoms with Crippen LogP contribution in [0.2, 0.25) is 5.02 Å². The molecule has 8 nitrogen and oxygen atoms in total. The van der Waals surface area contributed by atoms with Crippen molar-refractivity contribution in [1.82, 2.24) is 19.5 Å². The maximum atomic E-state index is 14.6. The van der Waals surface area contributed by atoms with Gasteiger partial charge < -0.3 is 9.47 Å². The smallest absolute Gasteiger partial charge is 0.297 e. The van der Waals surface area contributed by atoms with Crippen LogP contribution in [0.3, 0.4) is 0 Å². The van der Waals surface area contributed by atoms with Crippen LogP contribution in [0, 0.1) is 31.0 Å². The molecule has 0 saturated carbocycles. The Labute approximate surface area is 187 Å². The number of aromatic nitrogens is 4. The quantitative estimate of drug-likeness (QED) is 0.542. The summed E-state index contributed by atoms with van der Waals surface area (Å²) in [4.78, 5) is 25.6. The topological polar surface area (TPSA) is 103 Å². The van der Waals surface area contributed by atoms with Crippen molar-refractivity contribution < 1.29 is 18.3 Å². The van der Waals surface area contributed by atoms with Crippen LogP contribution < -0.4 is 15.0 Å². The molecule has 1 aromatic carbocycles. The number of nitriles is 1. The minimum Gasteiger partial charge on any atom is -0.481 e. The van der Waals surface area contributed by atoms with E-state index in [-0.39, 0.29) is 28.7 Å². The molecule has 0 aliphatic rings. The number of rotatable bonds is 6. The number of halogens is 3. The highest BCUT2D eigenvalue weighted by molar-refractivity contribution is 6.30.